The number of carbonyl (C=O) groups excluding carboxylic acids is 2. The van der Waals surface area contributed by atoms with Crippen LogP contribution in [0, 0.1) is 0 Å². The van der Waals surface area contributed by atoms with Gasteiger partial charge in [-0.2, -0.15) is 5.10 Å². The van der Waals surface area contributed by atoms with Gasteiger partial charge in [-0.25, -0.2) is 10.2 Å². The van der Waals surface area contributed by atoms with Crippen LogP contribution >= 0.6 is 0 Å². The summed E-state index contributed by atoms with van der Waals surface area (Å²) in [6, 6.07) is 22.6. The summed E-state index contributed by atoms with van der Waals surface area (Å²) in [6.45, 7) is 2.24. The zero-order chi connectivity index (χ0) is 20.5. The third kappa shape index (κ3) is 5.52. The highest BCUT2D eigenvalue weighted by atomic mass is 16.6. The molecule has 0 aromatic heterocycles. The molecule has 0 aliphatic heterocycles. The van der Waals surface area contributed by atoms with Gasteiger partial charge in [0, 0.05) is 5.56 Å². The van der Waals surface area contributed by atoms with Gasteiger partial charge in [-0.05, 0) is 55.0 Å². The number of hydrazone groups is 1. The van der Waals surface area contributed by atoms with Gasteiger partial charge in [0.15, 0.2) is 11.5 Å². The smallest absolute Gasteiger partial charge is 0.343 e. The number of benzene rings is 3. The monoisotopic (exact) mass is 388 g/mol. The first-order chi connectivity index (χ1) is 14.2. The molecule has 0 aliphatic carbocycles. The maximum Gasteiger partial charge on any atom is 0.343 e. The summed E-state index contributed by atoms with van der Waals surface area (Å²) >= 11 is 0. The lowest BCUT2D eigenvalue weighted by molar-refractivity contribution is 0.0728. The first kappa shape index (κ1) is 19.8. The second kappa shape index (κ2) is 9.85. The molecule has 6 nitrogen and oxygen atoms in total. The van der Waals surface area contributed by atoms with Crippen LogP contribution in [0.2, 0.25) is 0 Å². The summed E-state index contributed by atoms with van der Waals surface area (Å²) in [5, 5.41) is 3.97. The fourth-order valence-corrected chi connectivity index (χ4v) is 2.51. The average molecular weight is 388 g/mol. The van der Waals surface area contributed by atoms with Crippen LogP contribution in [-0.2, 0) is 0 Å². The van der Waals surface area contributed by atoms with Crippen molar-refractivity contribution in [2.75, 3.05) is 6.61 Å². The lowest BCUT2D eigenvalue weighted by Crippen LogP contribution is -2.17. The third-order valence-corrected chi connectivity index (χ3v) is 3.90. The molecule has 0 spiro atoms. The fourth-order valence-electron chi connectivity index (χ4n) is 2.51. The number of ether oxygens (including phenoxy) is 2. The van der Waals surface area contributed by atoms with Gasteiger partial charge in [0.05, 0.1) is 18.4 Å². The lowest BCUT2D eigenvalue weighted by atomic mass is 10.2. The summed E-state index contributed by atoms with van der Waals surface area (Å²) in [4.78, 5) is 24.3. The Labute approximate surface area is 168 Å². The van der Waals surface area contributed by atoms with Crippen LogP contribution in [0.5, 0.6) is 11.5 Å². The molecule has 3 rings (SSSR count). The first-order valence-electron chi connectivity index (χ1n) is 9.10. The Morgan fingerprint density at radius 2 is 1.55 bits per heavy atom. The third-order valence-electron chi connectivity index (χ3n) is 3.90. The Morgan fingerprint density at radius 1 is 0.897 bits per heavy atom. The van der Waals surface area contributed by atoms with Crippen LogP contribution in [0.1, 0.15) is 33.2 Å². The van der Waals surface area contributed by atoms with E-state index in [1.165, 1.54) is 6.21 Å². The van der Waals surface area contributed by atoms with Crippen molar-refractivity contribution in [2.45, 2.75) is 6.92 Å². The Morgan fingerprint density at radius 3 is 2.21 bits per heavy atom. The van der Waals surface area contributed by atoms with Gasteiger partial charge >= 0.3 is 5.97 Å². The van der Waals surface area contributed by atoms with Crippen molar-refractivity contribution in [2.24, 2.45) is 5.10 Å². The van der Waals surface area contributed by atoms with E-state index in [0.717, 1.165) is 0 Å². The summed E-state index contributed by atoms with van der Waals surface area (Å²) in [5.74, 6) is -0.0512. The molecule has 0 aliphatic rings. The summed E-state index contributed by atoms with van der Waals surface area (Å²) < 4.78 is 11.0. The fraction of sp³-hybridized carbons (Fsp3) is 0.0870. The van der Waals surface area contributed by atoms with E-state index in [2.05, 4.69) is 10.5 Å². The van der Waals surface area contributed by atoms with Gasteiger partial charge in [-0.15, -0.1) is 0 Å². The second-order valence-corrected chi connectivity index (χ2v) is 5.96. The maximum atomic E-state index is 12.3. The Kier molecular flexibility index (Phi) is 6.73. The molecule has 29 heavy (non-hydrogen) atoms. The van der Waals surface area contributed by atoms with E-state index < -0.39 is 5.97 Å². The minimum Gasteiger partial charge on any atom is -0.490 e. The van der Waals surface area contributed by atoms with E-state index in [1.54, 1.807) is 66.7 Å². The van der Waals surface area contributed by atoms with Gasteiger partial charge in [-0.3, -0.25) is 4.79 Å². The molecule has 0 atom stereocenters. The average Bonchev–Trinajstić information content (AvgIpc) is 2.76. The number of amides is 1. The molecular weight excluding hydrogens is 368 g/mol. The Balaban J connectivity index is 1.70. The summed E-state index contributed by atoms with van der Waals surface area (Å²) in [5.41, 5.74) is 4.12. The van der Waals surface area contributed by atoms with Crippen LogP contribution < -0.4 is 14.9 Å². The molecule has 1 N–H and O–H groups in total. The first-order valence-corrected chi connectivity index (χ1v) is 9.10. The molecule has 146 valence electrons. The zero-order valence-electron chi connectivity index (χ0n) is 15.9. The van der Waals surface area contributed by atoms with Gasteiger partial charge in [-0.1, -0.05) is 36.4 Å². The maximum absolute atomic E-state index is 12.3. The molecule has 3 aromatic carbocycles. The number of nitrogens with zero attached hydrogens (tertiary/aromatic N) is 1. The van der Waals surface area contributed by atoms with E-state index in [-0.39, 0.29) is 5.91 Å². The minimum atomic E-state index is -0.469. The highest BCUT2D eigenvalue weighted by Gasteiger charge is 2.13. The van der Waals surface area contributed by atoms with Crippen molar-refractivity contribution in [3.8, 4) is 11.5 Å². The largest absolute Gasteiger partial charge is 0.490 e. The SMILES string of the molecule is CCOc1cc(/C=N\NC(=O)c2ccccc2)ccc1OC(=O)c1ccccc1. The molecule has 6 heteroatoms. The summed E-state index contributed by atoms with van der Waals surface area (Å²) in [6.07, 6.45) is 1.49. The van der Waals surface area contributed by atoms with Gasteiger partial charge < -0.3 is 9.47 Å². The number of nitrogens with one attached hydrogen (secondary N) is 1. The number of carbonyl (C=O) groups is 2. The van der Waals surface area contributed by atoms with E-state index in [0.29, 0.717) is 34.8 Å². The van der Waals surface area contributed by atoms with Crippen molar-refractivity contribution in [1.29, 1.82) is 0 Å². The molecule has 1 amide bonds. The molecule has 0 saturated heterocycles. The van der Waals surface area contributed by atoms with E-state index >= 15 is 0 Å². The van der Waals surface area contributed by atoms with Crippen LogP contribution in [-0.4, -0.2) is 24.7 Å². The van der Waals surface area contributed by atoms with Crippen molar-refractivity contribution in [1.82, 2.24) is 5.43 Å². The highest BCUT2D eigenvalue weighted by Crippen LogP contribution is 2.28. The molecule has 0 bridgehead atoms. The topological polar surface area (TPSA) is 77.0 Å². The molecule has 0 heterocycles. The van der Waals surface area contributed by atoms with E-state index in [9.17, 15) is 9.59 Å². The number of hydrogen-bond donors (Lipinski definition) is 1. The van der Waals surface area contributed by atoms with Crippen molar-refractivity contribution >= 4 is 18.1 Å². The number of hydrogen-bond acceptors (Lipinski definition) is 5. The normalized spacial score (nSPS) is 10.5. The lowest BCUT2D eigenvalue weighted by Gasteiger charge is -2.11. The Bertz CT molecular complexity index is 1000. The molecule has 0 fully saturated rings. The van der Waals surface area contributed by atoms with Crippen molar-refractivity contribution in [3.63, 3.8) is 0 Å². The number of rotatable bonds is 7. The van der Waals surface area contributed by atoms with Crippen LogP contribution in [0.15, 0.2) is 84.0 Å². The highest BCUT2D eigenvalue weighted by molar-refractivity contribution is 5.95. The van der Waals surface area contributed by atoms with Gasteiger partial charge in [0.25, 0.3) is 5.91 Å². The molecule has 3 aromatic rings. The Hall–Kier alpha value is -3.93. The van der Waals surface area contributed by atoms with Crippen molar-refractivity contribution < 1.29 is 19.1 Å². The van der Waals surface area contributed by atoms with Crippen LogP contribution in [0.4, 0.5) is 0 Å². The standard InChI is InChI=1S/C23H20N2O4/c1-2-28-21-15-17(16-24-25-22(26)18-9-5-3-6-10-18)13-14-20(21)29-23(27)19-11-7-4-8-12-19/h3-16H,2H2,1H3,(H,25,26)/b24-16-. The molecule has 0 unspecified atom stereocenters. The van der Waals surface area contributed by atoms with Crippen LogP contribution in [0.25, 0.3) is 0 Å². The zero-order valence-corrected chi connectivity index (χ0v) is 15.9. The van der Waals surface area contributed by atoms with Gasteiger partial charge in [0.2, 0.25) is 0 Å². The predicted octanol–water partition coefficient (Wildman–Crippen LogP) is 4.07. The van der Waals surface area contributed by atoms with Gasteiger partial charge in [0.1, 0.15) is 0 Å². The number of esters is 1. The van der Waals surface area contributed by atoms with E-state index in [4.69, 9.17) is 9.47 Å². The molecule has 0 radical (unpaired) electrons. The quantitative estimate of drug-likeness (QED) is 0.286. The predicted molar refractivity (Wildman–Crippen MR) is 111 cm³/mol. The molecular formula is C23H20N2O4. The van der Waals surface area contributed by atoms with Crippen LogP contribution in [0.3, 0.4) is 0 Å². The molecule has 0 saturated carbocycles. The second-order valence-electron chi connectivity index (χ2n) is 5.96. The minimum absolute atomic E-state index is 0.305. The summed E-state index contributed by atoms with van der Waals surface area (Å²) in [7, 11) is 0. The van der Waals surface area contributed by atoms with Crippen molar-refractivity contribution in [3.05, 3.63) is 95.6 Å². The van der Waals surface area contributed by atoms with E-state index in [1.807, 2.05) is 19.1 Å².